The lowest BCUT2D eigenvalue weighted by Crippen LogP contribution is -2.22. The van der Waals surface area contributed by atoms with Crippen LogP contribution in [0, 0.1) is 5.82 Å². The van der Waals surface area contributed by atoms with E-state index in [0.717, 1.165) is 18.7 Å². The molecule has 1 fully saturated rings. The number of rotatable bonds is 4. The first-order valence-corrected chi connectivity index (χ1v) is 7.54. The van der Waals surface area contributed by atoms with Gasteiger partial charge in [0.15, 0.2) is 0 Å². The number of hydrogen-bond acceptors (Lipinski definition) is 2. The molecule has 2 aromatic carbocycles. The van der Waals surface area contributed by atoms with Crippen LogP contribution in [0.1, 0.15) is 35.6 Å². The Hall–Kier alpha value is -1.71. The average molecular weight is 284 g/mol. The van der Waals surface area contributed by atoms with Crippen LogP contribution in [-0.4, -0.2) is 11.4 Å². The van der Waals surface area contributed by atoms with Crippen LogP contribution in [-0.2, 0) is 13.1 Å². The maximum Gasteiger partial charge on any atom is 0.127 e. The Morgan fingerprint density at radius 3 is 2.71 bits per heavy atom. The van der Waals surface area contributed by atoms with Gasteiger partial charge in [0.05, 0.1) is 0 Å². The van der Waals surface area contributed by atoms with Crippen molar-refractivity contribution in [2.75, 3.05) is 6.54 Å². The Labute approximate surface area is 125 Å². The van der Waals surface area contributed by atoms with Crippen molar-refractivity contribution in [3.05, 3.63) is 71.0 Å². The van der Waals surface area contributed by atoms with Gasteiger partial charge in [-0.15, -0.1) is 0 Å². The van der Waals surface area contributed by atoms with Crippen molar-refractivity contribution in [3.8, 4) is 0 Å². The highest BCUT2D eigenvalue weighted by molar-refractivity contribution is 5.26. The first-order valence-electron chi connectivity index (χ1n) is 7.54. The van der Waals surface area contributed by atoms with Crippen LogP contribution in [0.4, 0.5) is 4.39 Å². The normalized spacial score (nSPS) is 19.0. The molecule has 2 nitrogen and oxygen atoms in total. The molecule has 0 aliphatic carbocycles. The van der Waals surface area contributed by atoms with Crippen LogP contribution in [0.15, 0.2) is 48.5 Å². The minimum Gasteiger partial charge on any atom is -0.326 e. The average Bonchev–Trinajstić information content (AvgIpc) is 2.98. The Morgan fingerprint density at radius 1 is 1.14 bits per heavy atom. The fraction of sp³-hybridized carbons (Fsp3) is 0.333. The van der Waals surface area contributed by atoms with Crippen molar-refractivity contribution in [1.29, 1.82) is 0 Å². The molecule has 1 aliphatic rings. The summed E-state index contributed by atoms with van der Waals surface area (Å²) in [5.41, 5.74) is 8.70. The van der Waals surface area contributed by atoms with Gasteiger partial charge in [-0.3, -0.25) is 4.90 Å². The van der Waals surface area contributed by atoms with Gasteiger partial charge in [-0.05, 0) is 36.6 Å². The fourth-order valence-corrected chi connectivity index (χ4v) is 3.19. The topological polar surface area (TPSA) is 29.3 Å². The lowest BCUT2D eigenvalue weighted by molar-refractivity contribution is 0.248. The summed E-state index contributed by atoms with van der Waals surface area (Å²) in [5.74, 6) is -0.206. The molecule has 0 radical (unpaired) electrons. The maximum absolute atomic E-state index is 13.5. The van der Waals surface area contributed by atoms with E-state index in [-0.39, 0.29) is 12.4 Å². The molecule has 0 spiro atoms. The molecule has 2 N–H and O–H groups in total. The highest BCUT2D eigenvalue weighted by atomic mass is 19.1. The van der Waals surface area contributed by atoms with Gasteiger partial charge in [-0.1, -0.05) is 42.5 Å². The van der Waals surface area contributed by atoms with Gasteiger partial charge < -0.3 is 5.73 Å². The summed E-state index contributed by atoms with van der Waals surface area (Å²) in [6, 6.07) is 16.4. The number of benzene rings is 2. The van der Waals surface area contributed by atoms with E-state index in [1.807, 2.05) is 12.1 Å². The Kier molecular flexibility index (Phi) is 4.32. The van der Waals surface area contributed by atoms with E-state index in [1.54, 1.807) is 0 Å². The molecule has 3 rings (SSSR count). The lowest BCUT2D eigenvalue weighted by Gasteiger charge is -2.25. The van der Waals surface area contributed by atoms with Crippen LogP contribution in [0.2, 0.25) is 0 Å². The molecule has 1 aliphatic heterocycles. The van der Waals surface area contributed by atoms with Crippen LogP contribution in [0.25, 0.3) is 0 Å². The smallest absolute Gasteiger partial charge is 0.127 e. The van der Waals surface area contributed by atoms with Crippen LogP contribution < -0.4 is 5.73 Å². The van der Waals surface area contributed by atoms with Crippen molar-refractivity contribution < 1.29 is 4.39 Å². The number of hydrogen-bond donors (Lipinski definition) is 1. The molecule has 1 heterocycles. The molecule has 3 heteroatoms. The SMILES string of the molecule is NCc1cc(CN2CCCC2c2ccccc2)ccc1F. The fourth-order valence-electron chi connectivity index (χ4n) is 3.19. The highest BCUT2D eigenvalue weighted by Crippen LogP contribution is 2.33. The summed E-state index contributed by atoms with van der Waals surface area (Å²) >= 11 is 0. The quantitative estimate of drug-likeness (QED) is 0.929. The van der Waals surface area contributed by atoms with E-state index in [2.05, 4.69) is 35.2 Å². The summed E-state index contributed by atoms with van der Waals surface area (Å²) in [5, 5.41) is 0. The first-order chi connectivity index (χ1) is 10.3. The monoisotopic (exact) mass is 284 g/mol. The van der Waals surface area contributed by atoms with E-state index in [1.165, 1.54) is 24.5 Å². The van der Waals surface area contributed by atoms with Gasteiger partial charge >= 0.3 is 0 Å². The summed E-state index contributed by atoms with van der Waals surface area (Å²) in [6.07, 6.45) is 2.40. The minimum atomic E-state index is -0.206. The third-order valence-corrected chi connectivity index (χ3v) is 4.26. The zero-order chi connectivity index (χ0) is 14.7. The number of nitrogens with zero attached hydrogens (tertiary/aromatic N) is 1. The summed E-state index contributed by atoms with van der Waals surface area (Å²) < 4.78 is 13.5. The van der Waals surface area contributed by atoms with Gasteiger partial charge in [0.2, 0.25) is 0 Å². The van der Waals surface area contributed by atoms with Crippen LogP contribution in [0.5, 0.6) is 0 Å². The molecule has 0 amide bonds. The molecule has 1 saturated heterocycles. The molecule has 0 saturated carbocycles. The first kappa shape index (κ1) is 14.2. The third kappa shape index (κ3) is 3.14. The Bertz CT molecular complexity index is 597. The molecule has 2 aromatic rings. The molecule has 0 bridgehead atoms. The van der Waals surface area contributed by atoms with E-state index < -0.39 is 0 Å². The van der Waals surface area contributed by atoms with Crippen molar-refractivity contribution >= 4 is 0 Å². The molecule has 1 unspecified atom stereocenters. The second-order valence-corrected chi connectivity index (χ2v) is 5.67. The highest BCUT2D eigenvalue weighted by Gasteiger charge is 2.25. The minimum absolute atomic E-state index is 0.206. The van der Waals surface area contributed by atoms with E-state index in [9.17, 15) is 4.39 Å². The molecular formula is C18H21FN2. The predicted octanol–water partition coefficient (Wildman–Crippen LogP) is 3.62. The van der Waals surface area contributed by atoms with E-state index in [4.69, 9.17) is 5.73 Å². The summed E-state index contributed by atoms with van der Waals surface area (Å²) in [6.45, 7) is 2.20. The molecule has 1 atom stereocenters. The molecule has 110 valence electrons. The Balaban J connectivity index is 1.77. The second-order valence-electron chi connectivity index (χ2n) is 5.67. The van der Waals surface area contributed by atoms with Gasteiger partial charge in [0, 0.05) is 24.7 Å². The van der Waals surface area contributed by atoms with Gasteiger partial charge in [0.25, 0.3) is 0 Å². The molecule has 21 heavy (non-hydrogen) atoms. The van der Waals surface area contributed by atoms with Gasteiger partial charge in [-0.25, -0.2) is 4.39 Å². The van der Waals surface area contributed by atoms with Crippen molar-refractivity contribution in [2.45, 2.75) is 32.0 Å². The van der Waals surface area contributed by atoms with E-state index in [0.29, 0.717) is 11.6 Å². The van der Waals surface area contributed by atoms with Crippen molar-refractivity contribution in [2.24, 2.45) is 5.73 Å². The van der Waals surface area contributed by atoms with E-state index >= 15 is 0 Å². The van der Waals surface area contributed by atoms with Crippen LogP contribution in [0.3, 0.4) is 0 Å². The number of likely N-dealkylation sites (tertiary alicyclic amines) is 1. The van der Waals surface area contributed by atoms with Crippen molar-refractivity contribution in [3.63, 3.8) is 0 Å². The molecule has 0 aromatic heterocycles. The van der Waals surface area contributed by atoms with Gasteiger partial charge in [0.1, 0.15) is 5.82 Å². The number of halogens is 1. The largest absolute Gasteiger partial charge is 0.326 e. The van der Waals surface area contributed by atoms with Crippen molar-refractivity contribution in [1.82, 2.24) is 4.90 Å². The third-order valence-electron chi connectivity index (χ3n) is 4.26. The van der Waals surface area contributed by atoms with Crippen LogP contribution >= 0.6 is 0 Å². The summed E-state index contributed by atoms with van der Waals surface area (Å²) in [7, 11) is 0. The lowest BCUT2D eigenvalue weighted by atomic mass is 10.0. The summed E-state index contributed by atoms with van der Waals surface area (Å²) in [4.78, 5) is 2.48. The maximum atomic E-state index is 13.5. The second kappa shape index (κ2) is 6.37. The Morgan fingerprint density at radius 2 is 1.95 bits per heavy atom. The van der Waals surface area contributed by atoms with Gasteiger partial charge in [-0.2, -0.15) is 0 Å². The number of nitrogens with two attached hydrogens (primary N) is 1. The predicted molar refractivity (Wildman–Crippen MR) is 83.1 cm³/mol. The zero-order valence-electron chi connectivity index (χ0n) is 12.1. The standard InChI is InChI=1S/C18H21FN2/c19-17-9-8-14(11-16(17)12-20)13-21-10-4-7-18(21)15-5-2-1-3-6-15/h1-3,5-6,8-9,11,18H,4,7,10,12-13,20H2. The molecular weight excluding hydrogens is 263 g/mol. The zero-order valence-corrected chi connectivity index (χ0v) is 12.1.